The van der Waals surface area contributed by atoms with Crippen molar-refractivity contribution in [1.82, 2.24) is 0 Å². The number of benzene rings is 1. The molecule has 0 saturated carbocycles. The van der Waals surface area contributed by atoms with Crippen molar-refractivity contribution in [3.05, 3.63) is 35.9 Å². The maximum absolute atomic E-state index is 11.8. The summed E-state index contributed by atoms with van der Waals surface area (Å²) in [5.74, 6) is -0.279. The lowest BCUT2D eigenvalue weighted by Crippen LogP contribution is -2.68. The van der Waals surface area contributed by atoms with Gasteiger partial charge in [0.15, 0.2) is 11.8 Å². The molecule has 0 fully saturated rings. The lowest BCUT2D eigenvalue weighted by atomic mass is 9.95. The highest BCUT2D eigenvalue weighted by Crippen LogP contribution is 2.23. The lowest BCUT2D eigenvalue weighted by Gasteiger charge is -2.22. The summed E-state index contributed by atoms with van der Waals surface area (Å²) in [4.78, 5) is 11.8. The smallest absolute Gasteiger partial charge is 0.318 e. The highest BCUT2D eigenvalue weighted by atomic mass is 35.7. The molecule has 0 radical (unpaired) electrons. The average molecular weight is 374 g/mol. The molecule has 25 heavy (non-hydrogen) atoms. The molecule has 2 rings (SSSR count). The molecule has 0 aromatic heterocycles. The molecule has 1 aliphatic rings. The quantitative estimate of drug-likeness (QED) is 0.464. The van der Waals surface area contributed by atoms with Crippen molar-refractivity contribution in [3.63, 3.8) is 0 Å². The highest BCUT2D eigenvalue weighted by Gasteiger charge is 2.33. The first kappa shape index (κ1) is 21.5. The zero-order chi connectivity index (χ0) is 19.0. The van der Waals surface area contributed by atoms with E-state index in [4.69, 9.17) is 23.4 Å². The fraction of sp³-hybridized carbons (Fsp3) is 0.529. The van der Waals surface area contributed by atoms with Crippen molar-refractivity contribution in [3.8, 4) is 0 Å². The summed E-state index contributed by atoms with van der Waals surface area (Å²) in [5.41, 5.74) is 2.52. The Hall–Kier alpha value is -1.51. The van der Waals surface area contributed by atoms with Gasteiger partial charge in [0.25, 0.3) is 0 Å². The Morgan fingerprint density at radius 2 is 1.68 bits per heavy atom. The van der Waals surface area contributed by atoms with Gasteiger partial charge in [-0.15, -0.1) is 10.2 Å². The van der Waals surface area contributed by atoms with Gasteiger partial charge in [-0.05, 0) is 13.3 Å². The zero-order valence-electron chi connectivity index (χ0n) is 14.6. The third-order valence-corrected chi connectivity index (χ3v) is 4.25. The van der Waals surface area contributed by atoms with Gasteiger partial charge in [-0.25, -0.2) is 23.2 Å². The first-order valence-corrected chi connectivity index (χ1v) is 9.25. The SMILES string of the molecule is COC(=O)C(C)C1=[N+]([C@@H](C)c2ccccc2)CCCC1.[O-][Cl+3]([O-])([O-])[O-]. The molecule has 0 spiro atoms. The predicted molar refractivity (Wildman–Crippen MR) is 80.0 cm³/mol. The molecule has 1 unspecified atom stereocenters. The number of halogens is 1. The van der Waals surface area contributed by atoms with Gasteiger partial charge in [-0.2, -0.15) is 0 Å². The van der Waals surface area contributed by atoms with E-state index in [2.05, 4.69) is 35.8 Å². The third-order valence-electron chi connectivity index (χ3n) is 4.25. The van der Waals surface area contributed by atoms with Gasteiger partial charge in [-0.1, -0.05) is 30.3 Å². The fourth-order valence-corrected chi connectivity index (χ4v) is 3.01. The topological polar surface area (TPSA) is 122 Å². The van der Waals surface area contributed by atoms with Crippen LogP contribution in [-0.2, 0) is 9.53 Å². The van der Waals surface area contributed by atoms with Gasteiger partial charge in [0.2, 0.25) is 0 Å². The van der Waals surface area contributed by atoms with Crippen LogP contribution in [0.2, 0.25) is 0 Å². The van der Waals surface area contributed by atoms with Crippen LogP contribution < -0.4 is 18.6 Å². The number of ether oxygens (including phenoxy) is 1. The Kier molecular flexibility index (Phi) is 8.47. The minimum Gasteiger partial charge on any atom is -0.468 e. The zero-order valence-corrected chi connectivity index (χ0v) is 15.4. The third kappa shape index (κ3) is 7.50. The molecule has 0 saturated heterocycles. The number of methoxy groups -OCH3 is 1. The first-order chi connectivity index (χ1) is 11.6. The molecular weight excluding hydrogens is 350 g/mol. The van der Waals surface area contributed by atoms with Crippen LogP contribution in [0.5, 0.6) is 0 Å². The van der Waals surface area contributed by atoms with E-state index in [1.54, 1.807) is 0 Å². The number of hydrogen-bond donors (Lipinski definition) is 0. The van der Waals surface area contributed by atoms with Crippen molar-refractivity contribution in [2.24, 2.45) is 5.92 Å². The van der Waals surface area contributed by atoms with E-state index >= 15 is 0 Å². The molecule has 1 heterocycles. The molecule has 1 aromatic carbocycles. The molecule has 0 amide bonds. The van der Waals surface area contributed by atoms with Crippen LogP contribution in [-0.4, -0.2) is 29.9 Å². The highest BCUT2D eigenvalue weighted by molar-refractivity contribution is 5.99. The maximum atomic E-state index is 11.8. The molecule has 0 bridgehead atoms. The van der Waals surface area contributed by atoms with E-state index in [1.165, 1.54) is 24.8 Å². The molecule has 1 aromatic rings. The number of esters is 1. The predicted octanol–water partition coefficient (Wildman–Crippen LogP) is -1.56. The van der Waals surface area contributed by atoms with Crippen molar-refractivity contribution in [2.75, 3.05) is 13.7 Å². The Bertz CT molecular complexity index is 579. The van der Waals surface area contributed by atoms with Crippen LogP contribution in [0.4, 0.5) is 0 Å². The second-order valence-corrected chi connectivity index (χ2v) is 6.61. The van der Waals surface area contributed by atoms with Gasteiger partial charge < -0.3 is 4.74 Å². The van der Waals surface area contributed by atoms with Crippen molar-refractivity contribution < 1.29 is 43.0 Å². The van der Waals surface area contributed by atoms with E-state index in [-0.39, 0.29) is 11.9 Å². The Labute approximate surface area is 149 Å². The Morgan fingerprint density at radius 1 is 1.12 bits per heavy atom. The van der Waals surface area contributed by atoms with E-state index in [0.29, 0.717) is 6.04 Å². The molecule has 0 N–H and O–H groups in total. The van der Waals surface area contributed by atoms with Gasteiger partial charge in [0, 0.05) is 25.3 Å². The summed E-state index contributed by atoms with van der Waals surface area (Å²) >= 11 is 0. The average Bonchev–Trinajstić information content (AvgIpc) is 2.59. The fourth-order valence-electron chi connectivity index (χ4n) is 3.01. The van der Waals surface area contributed by atoms with Crippen LogP contribution in [0, 0.1) is 16.2 Å². The van der Waals surface area contributed by atoms with E-state index in [9.17, 15) is 4.79 Å². The van der Waals surface area contributed by atoms with Crippen molar-refractivity contribution in [2.45, 2.75) is 39.2 Å². The van der Waals surface area contributed by atoms with Crippen LogP contribution in [0.15, 0.2) is 30.3 Å². The summed E-state index contributed by atoms with van der Waals surface area (Å²) < 4.78 is 41.3. The molecule has 140 valence electrons. The molecule has 2 atom stereocenters. The molecule has 8 heteroatoms. The summed E-state index contributed by atoms with van der Waals surface area (Å²) in [6, 6.07) is 10.8. The van der Waals surface area contributed by atoms with Gasteiger partial charge in [0.05, 0.1) is 7.11 Å². The van der Waals surface area contributed by atoms with Crippen LogP contribution >= 0.6 is 0 Å². The van der Waals surface area contributed by atoms with Crippen LogP contribution in [0.3, 0.4) is 0 Å². The van der Waals surface area contributed by atoms with E-state index in [1.807, 2.05) is 13.0 Å². The standard InChI is InChI=1S/C17H24NO2.ClHO4/c1-13(17(19)20-3)16-11-7-8-12-18(16)14(2)15-9-5-4-6-10-15;2-1(3,4)5/h4-6,9-10,13-14H,7-8,11-12H2,1-3H3;(H,2,3,4,5)/q+1;/p-1/t13?,14-;/m0./s1. The lowest BCUT2D eigenvalue weighted by molar-refractivity contribution is -2.00. The normalized spacial score (nSPS) is 17.2. The first-order valence-electron chi connectivity index (χ1n) is 8.02. The van der Waals surface area contributed by atoms with Gasteiger partial charge in [-0.3, -0.25) is 4.79 Å². The largest absolute Gasteiger partial charge is 0.468 e. The number of carbonyl (C=O) groups is 1. The second kappa shape index (κ2) is 9.84. The number of carbonyl (C=O) groups excluding carboxylic acids is 1. The second-order valence-electron chi connectivity index (χ2n) is 5.85. The maximum Gasteiger partial charge on any atom is 0.318 e. The number of rotatable bonds is 4. The van der Waals surface area contributed by atoms with Crippen LogP contribution in [0.1, 0.15) is 44.7 Å². The Balaban J connectivity index is 0.000000550. The minimum absolute atomic E-state index is 0.132. The van der Waals surface area contributed by atoms with Crippen molar-refractivity contribution in [1.29, 1.82) is 0 Å². The summed E-state index contributed by atoms with van der Waals surface area (Å²) in [6.45, 7) is 5.19. The number of nitrogens with zero attached hydrogens (tertiary/aromatic N) is 1. The van der Waals surface area contributed by atoms with E-state index in [0.717, 1.165) is 19.4 Å². The molecule has 1 aliphatic heterocycles. The molecule has 0 aliphatic carbocycles. The van der Waals surface area contributed by atoms with E-state index < -0.39 is 10.2 Å². The molecular formula is C17H24ClNO6. The van der Waals surface area contributed by atoms with Gasteiger partial charge >= 0.3 is 5.97 Å². The summed E-state index contributed by atoms with van der Waals surface area (Å²) in [6.07, 6.45) is 3.34. The van der Waals surface area contributed by atoms with Crippen LogP contribution in [0.25, 0.3) is 0 Å². The minimum atomic E-state index is -4.94. The van der Waals surface area contributed by atoms with Crippen molar-refractivity contribution >= 4 is 11.7 Å². The monoisotopic (exact) mass is 373 g/mol. The Morgan fingerprint density at radius 3 is 2.20 bits per heavy atom. The summed E-state index contributed by atoms with van der Waals surface area (Å²) in [5, 5.41) is 0. The summed E-state index contributed by atoms with van der Waals surface area (Å²) in [7, 11) is -3.48. The van der Waals surface area contributed by atoms with Gasteiger partial charge in [0.1, 0.15) is 12.5 Å². The number of hydrogen-bond acceptors (Lipinski definition) is 6. The molecule has 7 nitrogen and oxygen atoms in total.